The van der Waals surface area contributed by atoms with Gasteiger partial charge in [-0.05, 0) is 51.8 Å². The molecule has 3 aliphatic rings. The van der Waals surface area contributed by atoms with Crippen molar-refractivity contribution < 1.29 is 47.9 Å². The third kappa shape index (κ3) is 7.21. The Morgan fingerprint density at radius 2 is 1.91 bits per heavy atom. The van der Waals surface area contributed by atoms with Gasteiger partial charge in [-0.3, -0.25) is 10.1 Å². The smallest absolute Gasteiger partial charge is 0.409 e. The van der Waals surface area contributed by atoms with Crippen molar-refractivity contribution in [1.82, 2.24) is 5.32 Å². The number of fused-ring (bicyclic) bond motifs is 5. The molecule has 13 heteroatoms. The molecule has 4 bridgehead atoms. The summed E-state index contributed by atoms with van der Waals surface area (Å²) in [6.45, 7) is 8.61. The molecular formula is C33H45ClN2O10. The number of methoxy groups -OCH3 is 3. The monoisotopic (exact) mass is 664 g/mol. The molecule has 7 atom stereocenters. The molecule has 7 unspecified atom stereocenters. The van der Waals surface area contributed by atoms with Gasteiger partial charge in [-0.25, -0.2) is 9.59 Å². The summed E-state index contributed by atoms with van der Waals surface area (Å²) in [4.78, 5) is 41.3. The fraction of sp³-hybridized carbons (Fsp3) is 0.606. The predicted octanol–water partition coefficient (Wildman–Crippen LogP) is 4.09. The normalized spacial score (nSPS) is 32.1. The second kappa shape index (κ2) is 13.5. The zero-order chi connectivity index (χ0) is 34.2. The van der Waals surface area contributed by atoms with Crippen molar-refractivity contribution in [3.63, 3.8) is 0 Å². The SMILES string of the molecule is COc1cc2cc(c1Cl)N(C)C(=O)CC(OC(=O)C(C)(C)OC)C1(C)OC1C(C)C1CC(O)(NC(=O)O1)C(OC)C=CC=C(C)C2. The average Bonchev–Trinajstić information content (AvgIpc) is 3.70. The van der Waals surface area contributed by atoms with Crippen molar-refractivity contribution in [2.75, 3.05) is 33.3 Å². The number of alkyl carbamates (subject to hydrolysis) is 1. The molecule has 3 aliphatic heterocycles. The molecule has 2 fully saturated rings. The highest BCUT2D eigenvalue weighted by atomic mass is 35.5. The first-order valence-corrected chi connectivity index (χ1v) is 15.5. The number of ether oxygens (including phenoxy) is 6. The lowest BCUT2D eigenvalue weighted by molar-refractivity contribution is -0.174. The highest BCUT2D eigenvalue weighted by Crippen LogP contribution is 2.49. The molecule has 254 valence electrons. The number of nitrogens with zero attached hydrogens (tertiary/aromatic N) is 1. The van der Waals surface area contributed by atoms with E-state index in [1.165, 1.54) is 26.2 Å². The van der Waals surface area contributed by atoms with E-state index in [9.17, 15) is 19.5 Å². The largest absolute Gasteiger partial charge is 0.495 e. The van der Waals surface area contributed by atoms with Gasteiger partial charge in [0.1, 0.15) is 34.7 Å². The lowest BCUT2D eigenvalue weighted by Gasteiger charge is -2.42. The van der Waals surface area contributed by atoms with Crippen molar-refractivity contribution >= 4 is 35.3 Å². The third-order valence-corrected chi connectivity index (χ3v) is 9.58. The van der Waals surface area contributed by atoms with Crippen LogP contribution in [0.4, 0.5) is 10.5 Å². The number of anilines is 1. The Hall–Kier alpha value is -3.16. The number of rotatable bonds is 5. The summed E-state index contributed by atoms with van der Waals surface area (Å²) >= 11 is 6.70. The van der Waals surface area contributed by atoms with Crippen molar-refractivity contribution in [1.29, 1.82) is 0 Å². The number of allylic oxidation sites excluding steroid dienone is 3. The van der Waals surface area contributed by atoms with E-state index in [0.29, 0.717) is 17.9 Å². The summed E-state index contributed by atoms with van der Waals surface area (Å²) in [6, 6.07) is 3.61. The molecule has 2 N–H and O–H groups in total. The maximum absolute atomic E-state index is 13.9. The first-order valence-electron chi connectivity index (χ1n) is 15.1. The molecular weight excluding hydrogens is 620 g/mol. The molecule has 3 heterocycles. The van der Waals surface area contributed by atoms with Crippen molar-refractivity contribution in [3.8, 4) is 5.75 Å². The zero-order valence-electron chi connectivity index (χ0n) is 27.8. The summed E-state index contributed by atoms with van der Waals surface area (Å²) in [5, 5.41) is 14.4. The summed E-state index contributed by atoms with van der Waals surface area (Å²) < 4.78 is 34.2. The number of nitrogens with one attached hydrogen (secondary N) is 1. The Bertz CT molecular complexity index is 1410. The predicted molar refractivity (Wildman–Crippen MR) is 170 cm³/mol. The van der Waals surface area contributed by atoms with Gasteiger partial charge in [0, 0.05) is 33.6 Å². The third-order valence-electron chi connectivity index (χ3n) is 9.20. The van der Waals surface area contributed by atoms with Crippen LogP contribution in [-0.2, 0) is 39.7 Å². The number of carbonyl (C=O) groups excluding carboxylic acids is 3. The van der Waals surface area contributed by atoms with Crippen LogP contribution in [0.25, 0.3) is 0 Å². The standard InChI is InChI=1S/C33H45ClN2O10/c1-18-11-10-12-24(42-8)33(40)17-23(44-30(39)35-33)19(2)28-32(5,46-28)25(45-29(38)31(3,4)43-9)16-26(37)36(6)21-14-20(13-18)15-22(41-7)27(21)34/h10-12,14-15,19,23-25,28,40H,13,16-17H2,1-9H3,(H,35,39). The molecule has 2 amide bonds. The van der Waals surface area contributed by atoms with Gasteiger partial charge < -0.3 is 38.4 Å². The second-order valence-corrected chi connectivity index (χ2v) is 13.3. The number of hydrogen-bond donors (Lipinski definition) is 2. The van der Waals surface area contributed by atoms with Crippen LogP contribution >= 0.6 is 11.6 Å². The van der Waals surface area contributed by atoms with Crippen LogP contribution in [0.3, 0.4) is 0 Å². The summed E-state index contributed by atoms with van der Waals surface area (Å²) in [6.07, 6.45) is 1.31. The van der Waals surface area contributed by atoms with Crippen LogP contribution in [0.2, 0.25) is 5.02 Å². The van der Waals surface area contributed by atoms with Crippen LogP contribution < -0.4 is 15.0 Å². The van der Waals surface area contributed by atoms with Gasteiger partial charge >= 0.3 is 12.1 Å². The number of amides is 2. The number of carbonyl (C=O) groups is 3. The maximum Gasteiger partial charge on any atom is 0.409 e. The van der Waals surface area contributed by atoms with Gasteiger partial charge in [0.25, 0.3) is 0 Å². The molecule has 0 aliphatic carbocycles. The Balaban J connectivity index is 1.81. The molecule has 46 heavy (non-hydrogen) atoms. The lowest BCUT2D eigenvalue weighted by atomic mass is 9.83. The van der Waals surface area contributed by atoms with E-state index in [0.717, 1.165) is 11.1 Å². The Labute approximate surface area is 274 Å². The summed E-state index contributed by atoms with van der Waals surface area (Å²) in [7, 11) is 5.92. The van der Waals surface area contributed by atoms with Gasteiger partial charge in [0.15, 0.2) is 11.3 Å². The van der Waals surface area contributed by atoms with E-state index in [1.807, 2.05) is 26.0 Å². The molecule has 0 aromatic heterocycles. The fourth-order valence-electron chi connectivity index (χ4n) is 5.96. The van der Waals surface area contributed by atoms with E-state index < -0.39 is 65.2 Å². The minimum absolute atomic E-state index is 0.0195. The van der Waals surface area contributed by atoms with Crippen molar-refractivity contribution in [3.05, 3.63) is 46.5 Å². The van der Waals surface area contributed by atoms with Gasteiger partial charge in [-0.2, -0.15) is 0 Å². The molecule has 12 nitrogen and oxygen atoms in total. The summed E-state index contributed by atoms with van der Waals surface area (Å²) in [5.74, 6) is -1.16. The first kappa shape index (κ1) is 35.7. The van der Waals surface area contributed by atoms with Crippen molar-refractivity contribution in [2.45, 2.75) is 95.2 Å². The Kier molecular flexibility index (Phi) is 10.5. The highest BCUT2D eigenvalue weighted by Gasteiger charge is 2.64. The van der Waals surface area contributed by atoms with Crippen molar-refractivity contribution in [2.24, 2.45) is 5.92 Å². The number of benzene rings is 1. The van der Waals surface area contributed by atoms with Crippen LogP contribution in [-0.4, -0.2) is 92.8 Å². The van der Waals surface area contributed by atoms with Crippen LogP contribution in [0.15, 0.2) is 35.9 Å². The molecule has 4 rings (SSSR count). The quantitative estimate of drug-likeness (QED) is 0.349. The lowest BCUT2D eigenvalue weighted by Crippen LogP contribution is -2.63. The Morgan fingerprint density at radius 1 is 1.22 bits per heavy atom. The van der Waals surface area contributed by atoms with Crippen LogP contribution in [0.1, 0.15) is 53.0 Å². The van der Waals surface area contributed by atoms with Gasteiger partial charge in [0.2, 0.25) is 5.91 Å². The van der Waals surface area contributed by atoms with E-state index in [2.05, 4.69) is 5.32 Å². The molecule has 0 spiro atoms. The van der Waals surface area contributed by atoms with Gasteiger partial charge in [-0.1, -0.05) is 42.3 Å². The second-order valence-electron chi connectivity index (χ2n) is 12.9. The first-order chi connectivity index (χ1) is 21.5. The molecule has 0 saturated carbocycles. The number of halogens is 1. The number of hydrogen-bond acceptors (Lipinski definition) is 10. The van der Waals surface area contributed by atoms with Crippen LogP contribution in [0.5, 0.6) is 5.75 Å². The molecule has 0 radical (unpaired) electrons. The minimum Gasteiger partial charge on any atom is -0.495 e. The van der Waals surface area contributed by atoms with E-state index in [4.69, 9.17) is 40.0 Å². The highest BCUT2D eigenvalue weighted by molar-refractivity contribution is 6.35. The fourth-order valence-corrected chi connectivity index (χ4v) is 6.27. The number of esters is 1. The van der Waals surface area contributed by atoms with E-state index in [-0.39, 0.29) is 17.9 Å². The minimum atomic E-state index is -1.79. The van der Waals surface area contributed by atoms with E-state index in [1.54, 1.807) is 46.0 Å². The molecule has 1 aromatic carbocycles. The zero-order valence-corrected chi connectivity index (χ0v) is 28.6. The van der Waals surface area contributed by atoms with Gasteiger partial charge in [0.05, 0.1) is 25.3 Å². The topological polar surface area (TPSA) is 145 Å². The van der Waals surface area contributed by atoms with Gasteiger partial charge in [-0.15, -0.1) is 0 Å². The maximum atomic E-state index is 13.9. The Morgan fingerprint density at radius 3 is 2.54 bits per heavy atom. The average molecular weight is 665 g/mol. The van der Waals surface area contributed by atoms with E-state index >= 15 is 0 Å². The molecule has 1 aromatic rings. The summed E-state index contributed by atoms with van der Waals surface area (Å²) in [5.41, 5.74) is -2.04. The number of epoxide rings is 1. The molecule has 2 saturated heterocycles. The number of aliphatic hydroxyl groups is 1. The van der Waals surface area contributed by atoms with Crippen LogP contribution in [0, 0.1) is 5.92 Å².